The summed E-state index contributed by atoms with van der Waals surface area (Å²) < 4.78 is 40.8. The molecule has 0 saturated carbocycles. The van der Waals surface area contributed by atoms with E-state index in [-0.39, 0.29) is 96.1 Å². The number of methoxy groups -OCH3 is 2. The molecular weight excluding hydrogens is 1070 g/mol. The predicted octanol–water partition coefficient (Wildman–Crippen LogP) is 11.5. The Hall–Kier alpha value is -6.54. The predicted molar refractivity (Wildman–Crippen MR) is 325 cm³/mol. The van der Waals surface area contributed by atoms with Gasteiger partial charge in [-0.1, -0.05) is 77.0 Å². The van der Waals surface area contributed by atoms with Crippen LogP contribution in [0.4, 0.5) is 16.2 Å². The number of aryl methyl sites for hydroxylation is 1. The number of unbranched alkanes of at least 4 members (excludes halogenated alkanes) is 2. The molecule has 0 bridgehead atoms. The van der Waals surface area contributed by atoms with E-state index in [0.717, 1.165) is 30.4 Å². The van der Waals surface area contributed by atoms with E-state index in [2.05, 4.69) is 51.4 Å². The van der Waals surface area contributed by atoms with Gasteiger partial charge in [-0.25, -0.2) is 4.79 Å². The molecule has 0 aliphatic carbocycles. The van der Waals surface area contributed by atoms with Crippen molar-refractivity contribution >= 4 is 55.1 Å². The fourth-order valence-electron chi connectivity index (χ4n) is 9.57. The Balaban J connectivity index is 1.20. The second-order valence-corrected chi connectivity index (χ2v) is 28.7. The Kier molecular flexibility index (Phi) is 25.4. The van der Waals surface area contributed by atoms with E-state index < -0.39 is 26.4 Å². The molecule has 3 aromatic rings. The third kappa shape index (κ3) is 19.5. The van der Waals surface area contributed by atoms with E-state index in [0.29, 0.717) is 97.5 Å². The number of carbonyl (C=O) groups is 6. The average Bonchev–Trinajstić information content (AvgIpc) is 3.82. The number of nitrogens with one attached hydrogen (secondary N) is 2. The fourth-order valence-corrected chi connectivity index (χ4v) is 10.6. The summed E-state index contributed by atoms with van der Waals surface area (Å²) in [6.45, 7) is 26.3. The van der Waals surface area contributed by atoms with Gasteiger partial charge in [0.05, 0.1) is 75.6 Å². The topological polar surface area (TPSA) is 224 Å². The first kappa shape index (κ1) is 67.2. The third-order valence-electron chi connectivity index (χ3n) is 15.8. The van der Waals surface area contributed by atoms with Crippen molar-refractivity contribution in [3.63, 3.8) is 0 Å². The van der Waals surface area contributed by atoms with Crippen molar-refractivity contribution in [2.75, 3.05) is 64.9 Å². The van der Waals surface area contributed by atoms with E-state index in [1.54, 1.807) is 72.4 Å². The summed E-state index contributed by atoms with van der Waals surface area (Å²) >= 11 is 0. The molecule has 0 radical (unpaired) electrons. The van der Waals surface area contributed by atoms with Crippen LogP contribution in [-0.2, 0) is 46.0 Å². The second-order valence-electron chi connectivity index (χ2n) is 23.9. The molecule has 0 fully saturated rings. The van der Waals surface area contributed by atoms with Crippen LogP contribution in [0.25, 0.3) is 0 Å². The van der Waals surface area contributed by atoms with Gasteiger partial charge >= 0.3 is 6.09 Å². The summed E-state index contributed by atoms with van der Waals surface area (Å²) in [5.41, 5.74) is 11.8. The molecule has 18 nitrogen and oxygen atoms in total. The lowest BCUT2D eigenvalue weighted by atomic mass is 9.88. The van der Waals surface area contributed by atoms with E-state index in [9.17, 15) is 28.8 Å². The van der Waals surface area contributed by atoms with Crippen LogP contribution in [0, 0.1) is 18.8 Å². The molecule has 0 saturated heterocycles. The van der Waals surface area contributed by atoms with Crippen LogP contribution < -0.4 is 30.6 Å². The SMILES string of the molecule is CC[C@@H]1CC(C)=CN1C(=O)c1cc(OC)c(OCCCCCOc2cc(NC(=O)OCc3ccc(CC(=O)[C@H](C)NC(=O)[C@@H](CC(=O)CCOCCOC)C(C)C)cc3)c(C(=O)N3C=C(C)C[C@H]3CO[Si](C)(C)C(C)(C)C)cc2C)cc1N. The smallest absolute Gasteiger partial charge is 0.411 e. The van der Waals surface area contributed by atoms with Crippen molar-refractivity contribution in [3.05, 3.63) is 99.9 Å². The molecule has 3 aromatic carbocycles. The molecule has 2 heterocycles. The Morgan fingerprint density at radius 1 is 0.747 bits per heavy atom. The maximum Gasteiger partial charge on any atom is 0.411 e. The maximum atomic E-state index is 14.7. The first-order chi connectivity index (χ1) is 39.3. The second kappa shape index (κ2) is 31.4. The number of anilines is 2. The first-order valence-corrected chi connectivity index (χ1v) is 32.1. The quantitative estimate of drug-likeness (QED) is 0.0301. The van der Waals surface area contributed by atoms with Crippen LogP contribution in [0.2, 0.25) is 18.1 Å². The van der Waals surface area contributed by atoms with E-state index in [4.69, 9.17) is 38.6 Å². The van der Waals surface area contributed by atoms with Crippen LogP contribution in [0.15, 0.2) is 72.1 Å². The zero-order valence-electron chi connectivity index (χ0n) is 51.8. The fraction of sp³-hybridized carbons (Fsp3) is 0.562. The zero-order chi connectivity index (χ0) is 61.2. The normalized spacial score (nSPS) is 16.0. The lowest BCUT2D eigenvalue weighted by molar-refractivity contribution is -0.133. The number of amides is 4. The lowest BCUT2D eigenvalue weighted by Crippen LogP contribution is -2.45. The molecule has 83 heavy (non-hydrogen) atoms. The standard InChI is InChI=1S/C64H93N5O13Si/c1-15-48-29-42(4)37-68(48)61(73)52-34-58(77-12)59(35-54(52)65)80-25-18-16-17-24-79-57-36-55(53(31-44(57)6)62(74)69-38-43(5)30-49(69)40-82-83(13,14)64(8,9)10)67-63(75)81-39-47-21-19-46(20-22-47)32-56(71)45(7)66-60(72)51(41(2)3)33-50(70)23-26-78-28-27-76-11/h19-22,31,34-38,41,45,48-49,51H,15-18,23-30,32-33,39-40,65H2,1-14H3,(H,66,72)(H,67,75)/t45-,48+,49-,51-/m0/s1. The Morgan fingerprint density at radius 2 is 1.36 bits per heavy atom. The van der Waals surface area contributed by atoms with E-state index in [1.165, 1.54) is 7.11 Å². The van der Waals surface area contributed by atoms with Crippen LogP contribution in [0.1, 0.15) is 151 Å². The van der Waals surface area contributed by atoms with Gasteiger partial charge in [0.2, 0.25) is 5.91 Å². The minimum Gasteiger partial charge on any atom is -0.493 e. The highest BCUT2D eigenvalue weighted by atomic mass is 28.4. The highest BCUT2D eigenvalue weighted by Gasteiger charge is 2.40. The number of nitrogens with zero attached hydrogens (tertiary/aromatic N) is 2. The molecule has 5 rings (SSSR count). The number of benzene rings is 3. The van der Waals surface area contributed by atoms with Crippen molar-refractivity contribution in [1.29, 1.82) is 0 Å². The molecular formula is C64H93N5O13Si. The number of ether oxygens (including phenoxy) is 6. The van der Waals surface area contributed by atoms with E-state index in [1.807, 2.05) is 47.0 Å². The van der Waals surface area contributed by atoms with Crippen LogP contribution in [0.3, 0.4) is 0 Å². The number of ketones is 2. The summed E-state index contributed by atoms with van der Waals surface area (Å²) in [7, 11) is 0.960. The van der Waals surface area contributed by atoms with Crippen LogP contribution in [0.5, 0.6) is 17.2 Å². The molecule has 2 aliphatic heterocycles. The number of hydrogen-bond acceptors (Lipinski definition) is 14. The summed E-state index contributed by atoms with van der Waals surface area (Å²) in [4.78, 5) is 84.6. The number of hydrogen-bond donors (Lipinski definition) is 3. The first-order valence-electron chi connectivity index (χ1n) is 29.2. The Bertz CT molecular complexity index is 2790. The summed E-state index contributed by atoms with van der Waals surface area (Å²) in [6, 6.07) is 12.8. The van der Waals surface area contributed by atoms with Crippen molar-refractivity contribution in [3.8, 4) is 17.2 Å². The van der Waals surface area contributed by atoms with Crippen molar-refractivity contribution in [2.45, 2.75) is 170 Å². The minimum atomic E-state index is -2.14. The minimum absolute atomic E-state index is 0.0195. The van der Waals surface area contributed by atoms with Gasteiger partial charge in [-0.05, 0) is 119 Å². The van der Waals surface area contributed by atoms with Gasteiger partial charge in [-0.15, -0.1) is 0 Å². The average molecular weight is 1170 g/mol. The highest BCUT2D eigenvalue weighted by Crippen LogP contribution is 2.39. The molecule has 4 amide bonds. The van der Waals surface area contributed by atoms with Gasteiger partial charge in [0.15, 0.2) is 25.6 Å². The maximum absolute atomic E-state index is 14.7. The molecule has 0 aromatic heterocycles. The molecule has 2 aliphatic rings. The van der Waals surface area contributed by atoms with Crippen molar-refractivity contribution in [1.82, 2.24) is 15.1 Å². The number of Topliss-reactive ketones (excluding diaryl/α,β-unsaturated/α-hetero) is 2. The van der Waals surface area contributed by atoms with Crippen LogP contribution >= 0.6 is 0 Å². The van der Waals surface area contributed by atoms with Crippen molar-refractivity contribution < 1.29 is 61.6 Å². The van der Waals surface area contributed by atoms with Gasteiger partial charge in [0.25, 0.3) is 11.8 Å². The summed E-state index contributed by atoms with van der Waals surface area (Å²) in [5.74, 6) is -0.461. The van der Waals surface area contributed by atoms with Gasteiger partial charge < -0.3 is 53.7 Å². The van der Waals surface area contributed by atoms with Crippen LogP contribution in [-0.4, -0.2) is 125 Å². The lowest BCUT2D eigenvalue weighted by Gasteiger charge is -2.38. The molecule has 0 spiro atoms. The summed E-state index contributed by atoms with van der Waals surface area (Å²) in [5, 5.41) is 5.63. The monoisotopic (exact) mass is 1170 g/mol. The van der Waals surface area contributed by atoms with Gasteiger partial charge in [-0.3, -0.25) is 29.3 Å². The molecule has 456 valence electrons. The molecule has 4 N–H and O–H groups in total. The third-order valence-corrected chi connectivity index (χ3v) is 20.3. The molecule has 0 unspecified atom stereocenters. The van der Waals surface area contributed by atoms with Gasteiger partial charge in [0.1, 0.15) is 18.1 Å². The van der Waals surface area contributed by atoms with Crippen molar-refractivity contribution in [2.24, 2.45) is 11.8 Å². The number of nitrogens with two attached hydrogens (primary N) is 1. The Labute approximate surface area is 493 Å². The number of carbonyl (C=O) groups excluding carboxylic acids is 6. The summed E-state index contributed by atoms with van der Waals surface area (Å²) in [6.07, 6.45) is 7.69. The van der Waals surface area contributed by atoms with E-state index >= 15 is 0 Å². The largest absolute Gasteiger partial charge is 0.493 e. The molecule has 4 atom stereocenters. The Morgan fingerprint density at radius 3 is 1.98 bits per heavy atom. The van der Waals surface area contributed by atoms with Gasteiger partial charge in [0, 0.05) is 68.6 Å². The number of nitrogen functional groups attached to an aromatic ring is 1. The number of rotatable bonds is 32. The molecule has 19 heteroatoms. The highest BCUT2D eigenvalue weighted by molar-refractivity contribution is 6.74. The zero-order valence-corrected chi connectivity index (χ0v) is 52.8. The van der Waals surface area contributed by atoms with Gasteiger partial charge in [-0.2, -0.15) is 0 Å².